The fraction of sp³-hybridized carbons (Fsp3) is 0.333. The molecule has 1 N–H and O–H groups in total. The highest BCUT2D eigenvalue weighted by atomic mass is 35.5. The molecule has 100 valence electrons. The number of hydrogen-bond acceptors (Lipinski definition) is 4. The van der Waals surface area contributed by atoms with Gasteiger partial charge in [0.1, 0.15) is 6.04 Å². The summed E-state index contributed by atoms with van der Waals surface area (Å²) in [6.45, 7) is 2.28. The number of hydrogen-bond donors (Lipinski definition) is 1. The van der Waals surface area contributed by atoms with E-state index in [0.29, 0.717) is 18.0 Å². The molecule has 0 radical (unpaired) electrons. The van der Waals surface area contributed by atoms with Crippen molar-refractivity contribution in [3.8, 4) is 0 Å². The molecule has 2 rings (SSSR count). The Morgan fingerprint density at radius 3 is 2.95 bits per heavy atom. The second kappa shape index (κ2) is 6.29. The number of carbonyl (C=O) groups is 1. The topological polar surface area (TPSA) is 72.7 Å². The summed E-state index contributed by atoms with van der Waals surface area (Å²) in [5.74, 6) is -0.108. The van der Waals surface area contributed by atoms with Gasteiger partial charge in [0.15, 0.2) is 0 Å². The summed E-state index contributed by atoms with van der Waals surface area (Å²) in [6.07, 6.45) is 8.70. The molecule has 1 unspecified atom stereocenters. The molecule has 7 heteroatoms. The number of amides is 1. The Bertz CT molecular complexity index is 542. The molecule has 1 atom stereocenters. The molecule has 19 heavy (non-hydrogen) atoms. The van der Waals surface area contributed by atoms with Crippen LogP contribution in [0.3, 0.4) is 0 Å². The molecule has 0 bridgehead atoms. The van der Waals surface area contributed by atoms with Gasteiger partial charge in [-0.3, -0.25) is 19.4 Å². The molecule has 6 nitrogen and oxygen atoms in total. The van der Waals surface area contributed by atoms with Crippen LogP contribution in [0.4, 0.5) is 0 Å². The van der Waals surface area contributed by atoms with Crippen molar-refractivity contribution in [1.29, 1.82) is 0 Å². The molecule has 0 fully saturated rings. The van der Waals surface area contributed by atoms with Gasteiger partial charge in [0.05, 0.1) is 16.9 Å². The minimum absolute atomic E-state index is 0.108. The predicted molar refractivity (Wildman–Crippen MR) is 70.7 cm³/mol. The van der Waals surface area contributed by atoms with E-state index >= 15 is 0 Å². The summed E-state index contributed by atoms with van der Waals surface area (Å²) in [5.41, 5.74) is 0.845. The molecule has 2 heterocycles. The Kier molecular flexibility index (Phi) is 4.46. The third kappa shape index (κ3) is 3.75. The lowest BCUT2D eigenvalue weighted by molar-refractivity contribution is -0.124. The zero-order valence-corrected chi connectivity index (χ0v) is 11.2. The van der Waals surface area contributed by atoms with Gasteiger partial charge in [-0.2, -0.15) is 5.10 Å². The quantitative estimate of drug-likeness (QED) is 0.894. The maximum Gasteiger partial charge on any atom is 0.244 e. The van der Waals surface area contributed by atoms with Crippen molar-refractivity contribution >= 4 is 17.5 Å². The van der Waals surface area contributed by atoms with E-state index in [1.54, 1.807) is 31.7 Å². The average molecular weight is 280 g/mol. The largest absolute Gasteiger partial charge is 0.354 e. The van der Waals surface area contributed by atoms with Crippen LogP contribution in [0.2, 0.25) is 5.02 Å². The van der Waals surface area contributed by atoms with Crippen LogP contribution in [-0.4, -0.2) is 32.2 Å². The van der Waals surface area contributed by atoms with Gasteiger partial charge >= 0.3 is 0 Å². The van der Waals surface area contributed by atoms with Crippen LogP contribution < -0.4 is 5.32 Å². The fourth-order valence-electron chi connectivity index (χ4n) is 1.57. The molecule has 0 saturated heterocycles. The summed E-state index contributed by atoms with van der Waals surface area (Å²) in [7, 11) is 0. The van der Waals surface area contributed by atoms with Crippen molar-refractivity contribution < 1.29 is 4.79 Å². The van der Waals surface area contributed by atoms with E-state index in [1.807, 2.05) is 0 Å². The summed E-state index contributed by atoms with van der Waals surface area (Å²) in [5, 5.41) is 7.35. The number of rotatable bonds is 5. The Morgan fingerprint density at radius 2 is 2.32 bits per heavy atom. The molecule has 1 amide bonds. The van der Waals surface area contributed by atoms with Crippen molar-refractivity contribution in [2.24, 2.45) is 0 Å². The van der Waals surface area contributed by atoms with Gasteiger partial charge in [0, 0.05) is 37.8 Å². The van der Waals surface area contributed by atoms with Crippen LogP contribution in [0.1, 0.15) is 18.7 Å². The van der Waals surface area contributed by atoms with Crippen LogP contribution in [-0.2, 0) is 11.2 Å². The maximum atomic E-state index is 11.9. The van der Waals surface area contributed by atoms with Gasteiger partial charge in [0.2, 0.25) is 5.91 Å². The highest BCUT2D eigenvalue weighted by Crippen LogP contribution is 2.10. The minimum atomic E-state index is -0.394. The normalized spacial score (nSPS) is 12.1. The SMILES string of the molecule is CC(C(=O)NCCc1cnccn1)n1cc(Cl)cn1. The van der Waals surface area contributed by atoms with Gasteiger partial charge in [-0.15, -0.1) is 0 Å². The lowest BCUT2D eigenvalue weighted by atomic mass is 10.3. The number of halogens is 1. The lowest BCUT2D eigenvalue weighted by Crippen LogP contribution is -2.32. The van der Waals surface area contributed by atoms with E-state index in [2.05, 4.69) is 20.4 Å². The standard InChI is InChI=1S/C12H14ClN5O/c1-9(18-8-10(13)6-17-18)12(19)16-3-2-11-7-14-4-5-15-11/h4-9H,2-3H2,1H3,(H,16,19). The Balaban J connectivity index is 1.81. The Labute approximate surface area is 115 Å². The van der Waals surface area contributed by atoms with Gasteiger partial charge < -0.3 is 5.32 Å². The second-order valence-corrected chi connectivity index (χ2v) is 4.49. The Morgan fingerprint density at radius 1 is 1.47 bits per heavy atom. The van der Waals surface area contributed by atoms with Crippen LogP contribution in [0.5, 0.6) is 0 Å². The first kappa shape index (κ1) is 13.5. The Hall–Kier alpha value is -1.95. The number of aromatic nitrogens is 4. The predicted octanol–water partition coefficient (Wildman–Crippen LogP) is 1.25. The van der Waals surface area contributed by atoms with Gasteiger partial charge in [-0.1, -0.05) is 11.6 Å². The first-order valence-electron chi connectivity index (χ1n) is 5.89. The first-order chi connectivity index (χ1) is 9.16. The molecule has 0 aliphatic carbocycles. The number of carbonyl (C=O) groups excluding carboxylic acids is 1. The van der Waals surface area contributed by atoms with Crippen LogP contribution in [0, 0.1) is 0 Å². The second-order valence-electron chi connectivity index (χ2n) is 4.05. The van der Waals surface area contributed by atoms with Crippen LogP contribution in [0.25, 0.3) is 0 Å². The molecule has 0 saturated carbocycles. The number of nitrogens with one attached hydrogen (secondary N) is 1. The molecule has 2 aromatic rings. The van der Waals surface area contributed by atoms with Gasteiger partial charge in [-0.05, 0) is 6.92 Å². The van der Waals surface area contributed by atoms with Crippen molar-refractivity contribution in [2.45, 2.75) is 19.4 Å². The molecule has 2 aromatic heterocycles. The lowest BCUT2D eigenvalue weighted by Gasteiger charge is -2.12. The van der Waals surface area contributed by atoms with E-state index in [9.17, 15) is 4.79 Å². The molecule has 0 aromatic carbocycles. The minimum Gasteiger partial charge on any atom is -0.354 e. The van der Waals surface area contributed by atoms with E-state index in [0.717, 1.165) is 5.69 Å². The smallest absolute Gasteiger partial charge is 0.244 e. The summed E-state index contributed by atoms with van der Waals surface area (Å²) < 4.78 is 1.53. The molecule has 0 aliphatic rings. The van der Waals surface area contributed by atoms with E-state index in [-0.39, 0.29) is 5.91 Å². The van der Waals surface area contributed by atoms with Crippen LogP contribution in [0.15, 0.2) is 31.0 Å². The molecule has 0 aliphatic heterocycles. The van der Waals surface area contributed by atoms with Crippen LogP contribution >= 0.6 is 11.6 Å². The summed E-state index contributed by atoms with van der Waals surface area (Å²) in [4.78, 5) is 20.0. The molecular weight excluding hydrogens is 266 g/mol. The molecular formula is C12H14ClN5O. The third-order valence-corrected chi connectivity index (χ3v) is 2.84. The highest BCUT2D eigenvalue weighted by molar-refractivity contribution is 6.30. The van der Waals surface area contributed by atoms with E-state index in [1.165, 1.54) is 10.9 Å². The summed E-state index contributed by atoms with van der Waals surface area (Å²) >= 11 is 5.76. The van der Waals surface area contributed by atoms with Crippen molar-refractivity contribution in [1.82, 2.24) is 25.1 Å². The fourth-order valence-corrected chi connectivity index (χ4v) is 1.71. The molecule has 0 spiro atoms. The van der Waals surface area contributed by atoms with Crippen molar-refractivity contribution in [3.63, 3.8) is 0 Å². The monoisotopic (exact) mass is 279 g/mol. The zero-order chi connectivity index (χ0) is 13.7. The average Bonchev–Trinajstić information content (AvgIpc) is 2.85. The maximum absolute atomic E-state index is 11.9. The number of nitrogens with zero attached hydrogens (tertiary/aromatic N) is 4. The highest BCUT2D eigenvalue weighted by Gasteiger charge is 2.15. The third-order valence-electron chi connectivity index (χ3n) is 2.64. The first-order valence-corrected chi connectivity index (χ1v) is 6.27. The van der Waals surface area contributed by atoms with Gasteiger partial charge in [0.25, 0.3) is 0 Å². The van der Waals surface area contributed by atoms with Crippen molar-refractivity contribution in [2.75, 3.05) is 6.54 Å². The summed E-state index contributed by atoms with van der Waals surface area (Å²) in [6, 6.07) is -0.394. The zero-order valence-electron chi connectivity index (χ0n) is 10.5. The van der Waals surface area contributed by atoms with E-state index < -0.39 is 6.04 Å². The van der Waals surface area contributed by atoms with Crippen molar-refractivity contribution in [3.05, 3.63) is 41.7 Å². The van der Waals surface area contributed by atoms with Gasteiger partial charge in [-0.25, -0.2) is 0 Å². The van der Waals surface area contributed by atoms with E-state index in [4.69, 9.17) is 11.6 Å².